The number of halogens is 1. The van der Waals surface area contributed by atoms with Gasteiger partial charge in [-0.1, -0.05) is 0 Å². The minimum absolute atomic E-state index is 0.0566. The summed E-state index contributed by atoms with van der Waals surface area (Å²) in [6, 6.07) is 3.68. The number of amides is 1. The van der Waals surface area contributed by atoms with Crippen molar-refractivity contribution in [2.45, 2.75) is 19.0 Å². The van der Waals surface area contributed by atoms with E-state index in [-0.39, 0.29) is 11.9 Å². The number of furan rings is 1. The smallest absolute Gasteiger partial charge is 0.239 e. The van der Waals surface area contributed by atoms with Gasteiger partial charge in [-0.15, -0.1) is 0 Å². The summed E-state index contributed by atoms with van der Waals surface area (Å²) in [5.41, 5.74) is 0. The Morgan fingerprint density at radius 2 is 2.47 bits per heavy atom. The maximum atomic E-state index is 11.6. The highest BCUT2D eigenvalue weighted by molar-refractivity contribution is 9.10. The van der Waals surface area contributed by atoms with E-state index in [4.69, 9.17) is 4.42 Å². The maximum absolute atomic E-state index is 11.6. The number of hydrogen-bond donors (Lipinski definition) is 1. The molecular formula is C10H13BrN2O2. The average Bonchev–Trinajstić information content (AvgIpc) is 2.74. The van der Waals surface area contributed by atoms with Crippen LogP contribution in [0.1, 0.15) is 12.2 Å². The van der Waals surface area contributed by atoms with Gasteiger partial charge in [-0.05, 0) is 34.5 Å². The Morgan fingerprint density at radius 3 is 3.00 bits per heavy atom. The van der Waals surface area contributed by atoms with Gasteiger partial charge in [0.05, 0.1) is 12.6 Å². The number of carbonyl (C=O) groups excluding carboxylic acids is 1. The van der Waals surface area contributed by atoms with E-state index >= 15 is 0 Å². The van der Waals surface area contributed by atoms with Crippen LogP contribution in [-0.4, -0.2) is 30.4 Å². The number of carbonyl (C=O) groups is 1. The third-order valence-corrected chi connectivity index (χ3v) is 3.01. The first-order valence-electron chi connectivity index (χ1n) is 4.89. The fourth-order valence-corrected chi connectivity index (χ4v) is 2.02. The topological polar surface area (TPSA) is 45.5 Å². The van der Waals surface area contributed by atoms with Crippen molar-refractivity contribution < 1.29 is 9.21 Å². The van der Waals surface area contributed by atoms with E-state index in [2.05, 4.69) is 21.2 Å². The molecule has 1 N–H and O–H groups in total. The van der Waals surface area contributed by atoms with Gasteiger partial charge < -0.3 is 9.32 Å². The molecule has 1 unspecified atom stereocenters. The predicted molar refractivity (Wildman–Crippen MR) is 59.3 cm³/mol. The summed E-state index contributed by atoms with van der Waals surface area (Å²) in [5.74, 6) is 1.00. The first-order valence-corrected chi connectivity index (χ1v) is 5.68. The normalized spacial score (nSPS) is 21.3. The van der Waals surface area contributed by atoms with Gasteiger partial charge in [0.15, 0.2) is 4.67 Å². The van der Waals surface area contributed by atoms with Crippen molar-refractivity contribution in [1.82, 2.24) is 10.2 Å². The Labute approximate surface area is 96.7 Å². The summed E-state index contributed by atoms with van der Waals surface area (Å²) >= 11 is 3.24. The van der Waals surface area contributed by atoms with E-state index in [0.29, 0.717) is 11.2 Å². The fourth-order valence-electron chi connectivity index (χ4n) is 1.68. The molecule has 1 aromatic rings. The molecule has 1 saturated heterocycles. The summed E-state index contributed by atoms with van der Waals surface area (Å²) in [7, 11) is 1.83. The van der Waals surface area contributed by atoms with Crippen molar-refractivity contribution in [3.63, 3.8) is 0 Å². The van der Waals surface area contributed by atoms with E-state index < -0.39 is 0 Å². The molecular weight excluding hydrogens is 260 g/mol. The molecule has 2 rings (SSSR count). The second-order valence-corrected chi connectivity index (χ2v) is 4.47. The lowest BCUT2D eigenvalue weighted by molar-refractivity contribution is -0.128. The van der Waals surface area contributed by atoms with Crippen LogP contribution in [0.25, 0.3) is 0 Å². The monoisotopic (exact) mass is 272 g/mol. The molecule has 1 amide bonds. The van der Waals surface area contributed by atoms with Crippen LogP contribution in [0.2, 0.25) is 0 Å². The molecule has 1 fully saturated rings. The van der Waals surface area contributed by atoms with Crippen LogP contribution in [0.5, 0.6) is 0 Å². The van der Waals surface area contributed by atoms with Crippen molar-refractivity contribution in [2.24, 2.45) is 0 Å². The number of likely N-dealkylation sites (tertiary alicyclic amines) is 1. The Bertz CT molecular complexity index is 364. The number of likely N-dealkylation sites (N-methyl/N-ethyl adjacent to an activating group) is 1. The standard InChI is InChI=1S/C10H13BrN2O2/c1-13-5-4-8(10(13)14)12-6-7-2-3-9(11)15-7/h2-3,8,12H,4-6H2,1H3. The van der Waals surface area contributed by atoms with E-state index in [1.165, 1.54) is 0 Å². The number of rotatable bonds is 3. The summed E-state index contributed by atoms with van der Waals surface area (Å²) < 4.78 is 6.05. The molecule has 82 valence electrons. The first kappa shape index (κ1) is 10.7. The Kier molecular flexibility index (Phi) is 3.11. The van der Waals surface area contributed by atoms with Crippen LogP contribution in [0.15, 0.2) is 21.2 Å². The highest BCUT2D eigenvalue weighted by Gasteiger charge is 2.28. The number of hydrogen-bond acceptors (Lipinski definition) is 3. The molecule has 0 spiro atoms. The van der Waals surface area contributed by atoms with Crippen molar-refractivity contribution in [1.29, 1.82) is 0 Å². The van der Waals surface area contributed by atoms with Gasteiger partial charge in [0.25, 0.3) is 0 Å². The van der Waals surface area contributed by atoms with Gasteiger partial charge in [-0.25, -0.2) is 0 Å². The molecule has 0 radical (unpaired) electrons. The summed E-state index contributed by atoms with van der Waals surface area (Å²) in [4.78, 5) is 13.3. The van der Waals surface area contributed by atoms with Crippen molar-refractivity contribution in [3.05, 3.63) is 22.6 Å². The zero-order valence-electron chi connectivity index (χ0n) is 8.50. The average molecular weight is 273 g/mol. The van der Waals surface area contributed by atoms with Gasteiger partial charge in [-0.2, -0.15) is 0 Å². The highest BCUT2D eigenvalue weighted by Crippen LogP contribution is 2.15. The molecule has 1 aliphatic rings. The number of nitrogens with one attached hydrogen (secondary N) is 1. The molecule has 0 aliphatic carbocycles. The van der Waals surface area contributed by atoms with Gasteiger partial charge in [0.2, 0.25) is 5.91 Å². The molecule has 0 saturated carbocycles. The minimum atomic E-state index is -0.0566. The van der Waals surface area contributed by atoms with Crippen LogP contribution >= 0.6 is 15.9 Å². The van der Waals surface area contributed by atoms with Gasteiger partial charge >= 0.3 is 0 Å². The molecule has 4 nitrogen and oxygen atoms in total. The Morgan fingerprint density at radius 1 is 1.67 bits per heavy atom. The molecule has 0 aromatic carbocycles. The third kappa shape index (κ3) is 2.41. The Hall–Kier alpha value is -0.810. The van der Waals surface area contributed by atoms with Crippen LogP contribution < -0.4 is 5.32 Å². The van der Waals surface area contributed by atoms with Gasteiger partial charge in [-0.3, -0.25) is 10.1 Å². The van der Waals surface area contributed by atoms with Crippen molar-refractivity contribution in [2.75, 3.05) is 13.6 Å². The quantitative estimate of drug-likeness (QED) is 0.904. The zero-order chi connectivity index (χ0) is 10.8. The molecule has 15 heavy (non-hydrogen) atoms. The minimum Gasteiger partial charge on any atom is -0.453 e. The van der Waals surface area contributed by atoms with Crippen molar-refractivity contribution in [3.8, 4) is 0 Å². The number of nitrogens with zero attached hydrogens (tertiary/aromatic N) is 1. The summed E-state index contributed by atoms with van der Waals surface area (Å²) in [6.07, 6.45) is 0.872. The van der Waals surface area contributed by atoms with E-state index in [1.54, 1.807) is 4.90 Å². The lowest BCUT2D eigenvalue weighted by atomic mass is 10.2. The van der Waals surface area contributed by atoms with E-state index in [1.807, 2.05) is 19.2 Å². The molecule has 5 heteroatoms. The zero-order valence-corrected chi connectivity index (χ0v) is 10.1. The predicted octanol–water partition coefficient (Wildman–Crippen LogP) is 1.36. The molecule has 1 aliphatic heterocycles. The lowest BCUT2D eigenvalue weighted by Gasteiger charge is -2.10. The second-order valence-electron chi connectivity index (χ2n) is 3.69. The maximum Gasteiger partial charge on any atom is 0.239 e. The third-order valence-electron chi connectivity index (χ3n) is 2.58. The van der Waals surface area contributed by atoms with Gasteiger partial charge in [0, 0.05) is 13.6 Å². The van der Waals surface area contributed by atoms with Crippen LogP contribution in [-0.2, 0) is 11.3 Å². The lowest BCUT2D eigenvalue weighted by Crippen LogP contribution is -2.36. The SMILES string of the molecule is CN1CCC(NCc2ccc(Br)o2)C1=O. The molecule has 1 aromatic heterocycles. The van der Waals surface area contributed by atoms with E-state index in [0.717, 1.165) is 18.7 Å². The van der Waals surface area contributed by atoms with Crippen LogP contribution in [0.3, 0.4) is 0 Å². The van der Waals surface area contributed by atoms with Gasteiger partial charge in [0.1, 0.15) is 5.76 Å². The fraction of sp³-hybridized carbons (Fsp3) is 0.500. The van der Waals surface area contributed by atoms with E-state index in [9.17, 15) is 4.79 Å². The Balaban J connectivity index is 1.86. The summed E-state index contributed by atoms with van der Waals surface area (Å²) in [6.45, 7) is 1.42. The highest BCUT2D eigenvalue weighted by atomic mass is 79.9. The largest absolute Gasteiger partial charge is 0.453 e. The molecule has 1 atom stereocenters. The first-order chi connectivity index (χ1) is 7.16. The van der Waals surface area contributed by atoms with Crippen LogP contribution in [0.4, 0.5) is 0 Å². The van der Waals surface area contributed by atoms with Crippen LogP contribution in [0, 0.1) is 0 Å². The summed E-state index contributed by atoms with van der Waals surface area (Å²) in [5, 5.41) is 3.19. The van der Waals surface area contributed by atoms with Crippen molar-refractivity contribution >= 4 is 21.8 Å². The second kappa shape index (κ2) is 4.37. The molecule has 2 heterocycles. The molecule has 0 bridgehead atoms.